The van der Waals surface area contributed by atoms with Crippen LogP contribution in [0.25, 0.3) is 10.9 Å². The minimum atomic E-state index is -0.443. The van der Waals surface area contributed by atoms with Gasteiger partial charge in [-0.2, -0.15) is 0 Å². The average molecular weight is 274 g/mol. The number of aliphatic hydroxyl groups is 1. The molecule has 0 saturated carbocycles. The number of benzene rings is 1. The number of fused-ring (bicyclic) bond motifs is 1. The van der Waals surface area contributed by atoms with Gasteiger partial charge >= 0.3 is 0 Å². The third-order valence-corrected chi connectivity index (χ3v) is 3.67. The summed E-state index contributed by atoms with van der Waals surface area (Å²) >= 11 is 0. The van der Waals surface area contributed by atoms with Gasteiger partial charge in [0.15, 0.2) is 5.78 Å². The molecule has 1 aromatic heterocycles. The molecule has 1 atom stereocenters. The molecule has 0 spiro atoms. The number of ketones is 1. The fourth-order valence-electron chi connectivity index (χ4n) is 2.72. The van der Waals surface area contributed by atoms with Crippen LogP contribution in [0.4, 0.5) is 10.1 Å². The zero-order valence-corrected chi connectivity index (χ0v) is 11.1. The number of aromatic nitrogens is 1. The Labute approximate surface area is 115 Å². The predicted octanol–water partition coefficient (Wildman–Crippen LogP) is 2.15. The Bertz CT molecular complexity index is 687. The summed E-state index contributed by atoms with van der Waals surface area (Å²) in [7, 11) is 0. The molecule has 0 bridgehead atoms. The highest BCUT2D eigenvalue weighted by molar-refractivity contribution is 6.07. The van der Waals surface area contributed by atoms with Crippen LogP contribution < -0.4 is 4.90 Å². The summed E-state index contributed by atoms with van der Waals surface area (Å²) in [5.74, 6) is -0.644. The van der Waals surface area contributed by atoms with Crippen LogP contribution in [0.1, 0.15) is 23.7 Å². The van der Waals surface area contributed by atoms with Crippen molar-refractivity contribution in [3.63, 3.8) is 0 Å². The van der Waals surface area contributed by atoms with Gasteiger partial charge in [-0.1, -0.05) is 0 Å². The Morgan fingerprint density at radius 1 is 1.55 bits per heavy atom. The number of β-amino-alcohol motifs (C(OH)–C–C–N with tert-alkyl or cyclic N) is 1. The van der Waals surface area contributed by atoms with Crippen LogP contribution in [0.2, 0.25) is 0 Å². The maximum atomic E-state index is 14.1. The first-order chi connectivity index (χ1) is 9.58. The quantitative estimate of drug-likeness (QED) is 0.853. The Balaban J connectivity index is 2.28. The first-order valence-corrected chi connectivity index (χ1v) is 6.59. The second-order valence-corrected chi connectivity index (χ2v) is 5.10. The lowest BCUT2D eigenvalue weighted by molar-refractivity contribution is 0.101. The van der Waals surface area contributed by atoms with Gasteiger partial charge in [-0.05, 0) is 31.5 Å². The topological polar surface area (TPSA) is 53.4 Å². The summed E-state index contributed by atoms with van der Waals surface area (Å²) in [6, 6.07) is 4.59. The van der Waals surface area contributed by atoms with Crippen LogP contribution in [0.15, 0.2) is 24.4 Å². The normalized spacial score (nSPS) is 18.8. The van der Waals surface area contributed by atoms with Gasteiger partial charge in [-0.15, -0.1) is 0 Å². The lowest BCUT2D eigenvalue weighted by atomic mass is 10.0. The lowest BCUT2D eigenvalue weighted by Crippen LogP contribution is -2.24. The van der Waals surface area contributed by atoms with E-state index in [0.717, 1.165) is 0 Å². The van der Waals surface area contributed by atoms with E-state index in [1.54, 1.807) is 18.3 Å². The van der Waals surface area contributed by atoms with Crippen molar-refractivity contribution < 1.29 is 14.3 Å². The van der Waals surface area contributed by atoms with Gasteiger partial charge in [0, 0.05) is 30.2 Å². The second-order valence-electron chi connectivity index (χ2n) is 5.10. The summed E-state index contributed by atoms with van der Waals surface area (Å²) in [5, 5.41) is 10.1. The number of aliphatic hydroxyl groups excluding tert-OH is 1. The number of hydrogen-bond acceptors (Lipinski definition) is 4. The molecule has 3 rings (SSSR count). The van der Waals surface area contributed by atoms with E-state index < -0.39 is 11.9 Å². The van der Waals surface area contributed by atoms with E-state index in [4.69, 9.17) is 0 Å². The number of Topliss-reactive ketones (excluding diaryl/α,β-unsaturated/α-hetero) is 1. The van der Waals surface area contributed by atoms with Gasteiger partial charge in [0.25, 0.3) is 0 Å². The summed E-state index contributed by atoms with van der Waals surface area (Å²) < 4.78 is 14.1. The zero-order valence-electron chi connectivity index (χ0n) is 11.1. The zero-order chi connectivity index (χ0) is 14.3. The van der Waals surface area contributed by atoms with Crippen molar-refractivity contribution in [2.75, 3.05) is 18.0 Å². The first-order valence-electron chi connectivity index (χ1n) is 6.59. The SMILES string of the molecule is CC(=O)c1cc(F)c2cccnc2c1N1CC[C@@H](O)C1. The van der Waals surface area contributed by atoms with Crippen molar-refractivity contribution in [2.45, 2.75) is 19.4 Å². The minimum Gasteiger partial charge on any atom is -0.391 e. The van der Waals surface area contributed by atoms with Crippen molar-refractivity contribution in [2.24, 2.45) is 0 Å². The molecular formula is C15H15FN2O2. The van der Waals surface area contributed by atoms with Crippen LogP contribution >= 0.6 is 0 Å². The third-order valence-electron chi connectivity index (χ3n) is 3.67. The molecule has 5 heteroatoms. The van der Waals surface area contributed by atoms with Crippen molar-refractivity contribution in [3.8, 4) is 0 Å². The first kappa shape index (κ1) is 13.0. The summed E-state index contributed by atoms with van der Waals surface area (Å²) in [4.78, 5) is 18.0. The number of carbonyl (C=O) groups is 1. The van der Waals surface area contributed by atoms with Gasteiger partial charge in [-0.3, -0.25) is 9.78 Å². The molecule has 1 aliphatic heterocycles. The number of hydrogen-bond donors (Lipinski definition) is 1. The van der Waals surface area contributed by atoms with E-state index in [1.165, 1.54) is 13.0 Å². The molecule has 1 saturated heterocycles. The molecule has 2 aromatic rings. The molecule has 1 aromatic carbocycles. The fraction of sp³-hybridized carbons (Fsp3) is 0.333. The number of pyridine rings is 1. The van der Waals surface area contributed by atoms with Crippen LogP contribution in [-0.4, -0.2) is 35.1 Å². The van der Waals surface area contributed by atoms with E-state index in [-0.39, 0.29) is 5.78 Å². The van der Waals surface area contributed by atoms with Crippen molar-refractivity contribution in [3.05, 3.63) is 35.8 Å². The van der Waals surface area contributed by atoms with Crippen molar-refractivity contribution >= 4 is 22.4 Å². The summed E-state index contributed by atoms with van der Waals surface area (Å²) in [6.45, 7) is 2.50. The third kappa shape index (κ3) is 2.04. The van der Waals surface area contributed by atoms with E-state index in [9.17, 15) is 14.3 Å². The molecule has 1 aliphatic rings. The maximum Gasteiger partial charge on any atom is 0.162 e. The molecular weight excluding hydrogens is 259 g/mol. The van der Waals surface area contributed by atoms with Gasteiger partial charge in [0.1, 0.15) is 5.82 Å². The number of nitrogens with zero attached hydrogens (tertiary/aromatic N) is 2. The van der Waals surface area contributed by atoms with E-state index >= 15 is 0 Å². The average Bonchev–Trinajstić information content (AvgIpc) is 2.85. The van der Waals surface area contributed by atoms with Gasteiger partial charge < -0.3 is 10.0 Å². The van der Waals surface area contributed by atoms with E-state index in [0.29, 0.717) is 41.7 Å². The Kier molecular flexibility index (Phi) is 3.14. The summed E-state index contributed by atoms with van der Waals surface area (Å²) in [5.41, 5.74) is 1.43. The molecule has 4 nitrogen and oxygen atoms in total. The van der Waals surface area contributed by atoms with Crippen molar-refractivity contribution in [1.29, 1.82) is 0 Å². The molecule has 0 unspecified atom stereocenters. The number of anilines is 1. The molecule has 0 aliphatic carbocycles. The molecule has 104 valence electrons. The largest absolute Gasteiger partial charge is 0.391 e. The molecule has 1 N–H and O–H groups in total. The van der Waals surface area contributed by atoms with E-state index in [2.05, 4.69) is 4.98 Å². The maximum absolute atomic E-state index is 14.1. The number of carbonyl (C=O) groups excluding carboxylic acids is 1. The molecule has 2 heterocycles. The predicted molar refractivity (Wildman–Crippen MR) is 74.5 cm³/mol. The Hall–Kier alpha value is -2.01. The lowest BCUT2D eigenvalue weighted by Gasteiger charge is -2.22. The van der Waals surface area contributed by atoms with Crippen molar-refractivity contribution in [1.82, 2.24) is 4.98 Å². The highest BCUT2D eigenvalue weighted by Gasteiger charge is 2.26. The standard InChI is InChI=1S/C15H15FN2O2/c1-9(19)12-7-13(16)11-3-2-5-17-14(11)15(12)18-6-4-10(20)8-18/h2-3,5,7,10,20H,4,6,8H2,1H3/t10-/m1/s1. The second kappa shape index (κ2) is 4.83. The molecule has 0 amide bonds. The minimum absolute atomic E-state index is 0.201. The Morgan fingerprint density at radius 3 is 3.00 bits per heavy atom. The smallest absolute Gasteiger partial charge is 0.162 e. The summed E-state index contributed by atoms with van der Waals surface area (Å²) in [6.07, 6.45) is 1.81. The van der Waals surface area contributed by atoms with Gasteiger partial charge in [0.05, 0.1) is 17.3 Å². The van der Waals surface area contributed by atoms with Crippen LogP contribution in [0, 0.1) is 5.82 Å². The van der Waals surface area contributed by atoms with Gasteiger partial charge in [-0.25, -0.2) is 4.39 Å². The monoisotopic (exact) mass is 274 g/mol. The Morgan fingerprint density at radius 2 is 2.35 bits per heavy atom. The van der Waals surface area contributed by atoms with Crippen LogP contribution in [-0.2, 0) is 0 Å². The van der Waals surface area contributed by atoms with Crippen LogP contribution in [0.5, 0.6) is 0 Å². The highest BCUT2D eigenvalue weighted by atomic mass is 19.1. The molecule has 1 fully saturated rings. The van der Waals surface area contributed by atoms with E-state index in [1.807, 2.05) is 4.90 Å². The number of rotatable bonds is 2. The van der Waals surface area contributed by atoms with Crippen LogP contribution in [0.3, 0.4) is 0 Å². The van der Waals surface area contributed by atoms with Gasteiger partial charge in [0.2, 0.25) is 0 Å². The number of halogens is 1. The fourth-order valence-corrected chi connectivity index (χ4v) is 2.72. The molecule has 20 heavy (non-hydrogen) atoms. The molecule has 0 radical (unpaired) electrons. The highest BCUT2D eigenvalue weighted by Crippen LogP contribution is 2.33.